The largest absolute Gasteiger partial charge is 0.382 e. The molecule has 1 aromatic carbocycles. The molecule has 0 atom stereocenters. The third-order valence-electron chi connectivity index (χ3n) is 2.29. The molecular weight excluding hydrogens is 259 g/mol. The van der Waals surface area contributed by atoms with Crippen molar-refractivity contribution in [3.05, 3.63) is 30.1 Å². The summed E-state index contributed by atoms with van der Waals surface area (Å²) < 4.78 is 46.5. The molecule has 0 aliphatic rings. The van der Waals surface area contributed by atoms with Crippen molar-refractivity contribution in [3.8, 4) is 0 Å². The second-order valence-electron chi connectivity index (χ2n) is 3.73. The molecule has 0 aliphatic heterocycles. The molecule has 1 aromatic rings. The van der Waals surface area contributed by atoms with Crippen molar-refractivity contribution in [1.29, 1.82) is 0 Å². The van der Waals surface area contributed by atoms with E-state index >= 15 is 0 Å². The lowest BCUT2D eigenvalue weighted by Crippen LogP contribution is -2.11. The Hall–Kier alpha value is -0.980. The van der Waals surface area contributed by atoms with Gasteiger partial charge in [0, 0.05) is 13.7 Å². The summed E-state index contributed by atoms with van der Waals surface area (Å²) in [7, 11) is -1.86. The van der Waals surface area contributed by atoms with Crippen LogP contribution in [0, 0.1) is 5.82 Å². The van der Waals surface area contributed by atoms with Crippen LogP contribution in [0.3, 0.4) is 0 Å². The minimum atomic E-state index is -3.43. The van der Waals surface area contributed by atoms with E-state index in [-0.39, 0.29) is 10.6 Å². The quantitative estimate of drug-likeness (QED) is 0.678. The second kappa shape index (κ2) is 7.45. The maximum absolute atomic E-state index is 12.9. The minimum absolute atomic E-state index is 0.0133. The van der Waals surface area contributed by atoms with E-state index in [0.717, 1.165) is 6.07 Å². The van der Waals surface area contributed by atoms with Crippen molar-refractivity contribution >= 4 is 9.84 Å². The zero-order chi connectivity index (χ0) is 13.4. The Morgan fingerprint density at radius 3 is 2.67 bits per heavy atom. The third-order valence-corrected chi connectivity index (χ3v) is 4.09. The fourth-order valence-electron chi connectivity index (χ4n) is 1.37. The summed E-state index contributed by atoms with van der Waals surface area (Å²) in [5.74, 6) is -0.601. The molecular formula is C12H17FO4S. The highest BCUT2D eigenvalue weighted by Crippen LogP contribution is 2.13. The molecule has 0 aliphatic carbocycles. The molecule has 0 N–H and O–H groups in total. The van der Waals surface area contributed by atoms with Crippen LogP contribution in [-0.4, -0.2) is 41.1 Å². The lowest BCUT2D eigenvalue weighted by molar-refractivity contribution is 0.0712. The summed E-state index contributed by atoms with van der Waals surface area (Å²) in [4.78, 5) is 0.0133. The van der Waals surface area contributed by atoms with E-state index in [2.05, 4.69) is 0 Å². The molecule has 0 unspecified atom stereocenters. The number of benzene rings is 1. The van der Waals surface area contributed by atoms with E-state index in [1.54, 1.807) is 7.11 Å². The Bertz CT molecular complexity index is 459. The van der Waals surface area contributed by atoms with Gasteiger partial charge in [-0.1, -0.05) is 6.07 Å². The average molecular weight is 276 g/mol. The highest BCUT2D eigenvalue weighted by molar-refractivity contribution is 7.91. The first kappa shape index (κ1) is 15.1. The van der Waals surface area contributed by atoms with Crippen molar-refractivity contribution < 1.29 is 22.3 Å². The normalized spacial score (nSPS) is 11.7. The molecule has 0 fully saturated rings. The zero-order valence-electron chi connectivity index (χ0n) is 10.3. The number of hydrogen-bond donors (Lipinski definition) is 0. The van der Waals surface area contributed by atoms with Gasteiger partial charge in [0.05, 0.1) is 23.9 Å². The molecule has 0 bridgehead atoms. The van der Waals surface area contributed by atoms with E-state index in [1.165, 1.54) is 18.2 Å². The Kier molecular flexibility index (Phi) is 6.24. The van der Waals surface area contributed by atoms with Crippen molar-refractivity contribution in [1.82, 2.24) is 0 Å². The standard InChI is InChI=1S/C12H17FO4S/c1-16-7-8-17-6-3-9-18(14,15)12-5-2-4-11(13)10-12/h2,4-5,10H,3,6-9H2,1H3. The topological polar surface area (TPSA) is 52.6 Å². The van der Waals surface area contributed by atoms with Crippen LogP contribution in [0.1, 0.15) is 6.42 Å². The number of hydrogen-bond acceptors (Lipinski definition) is 4. The molecule has 102 valence electrons. The molecule has 0 heterocycles. The maximum Gasteiger partial charge on any atom is 0.178 e. The van der Waals surface area contributed by atoms with Gasteiger partial charge < -0.3 is 9.47 Å². The van der Waals surface area contributed by atoms with Gasteiger partial charge >= 0.3 is 0 Å². The van der Waals surface area contributed by atoms with E-state index in [0.29, 0.717) is 26.2 Å². The number of methoxy groups -OCH3 is 1. The molecule has 0 aromatic heterocycles. The highest BCUT2D eigenvalue weighted by Gasteiger charge is 2.14. The predicted octanol–water partition coefficient (Wildman–Crippen LogP) is 1.65. The van der Waals surface area contributed by atoms with E-state index in [1.807, 2.05) is 0 Å². The van der Waals surface area contributed by atoms with Crippen LogP contribution in [0.15, 0.2) is 29.2 Å². The second-order valence-corrected chi connectivity index (χ2v) is 5.84. The van der Waals surface area contributed by atoms with Crippen molar-refractivity contribution in [2.24, 2.45) is 0 Å². The third kappa shape index (κ3) is 5.12. The van der Waals surface area contributed by atoms with Gasteiger partial charge in [-0.05, 0) is 24.6 Å². The van der Waals surface area contributed by atoms with E-state index in [4.69, 9.17) is 9.47 Å². The van der Waals surface area contributed by atoms with Gasteiger partial charge in [-0.3, -0.25) is 0 Å². The summed E-state index contributed by atoms with van der Waals surface area (Å²) in [6.07, 6.45) is 0.378. The SMILES string of the molecule is COCCOCCCS(=O)(=O)c1cccc(F)c1. The number of ether oxygens (including phenoxy) is 2. The molecule has 0 saturated carbocycles. The van der Waals surface area contributed by atoms with Crippen molar-refractivity contribution in [2.75, 3.05) is 32.7 Å². The van der Waals surface area contributed by atoms with Crippen molar-refractivity contribution in [3.63, 3.8) is 0 Å². The van der Waals surface area contributed by atoms with Gasteiger partial charge in [-0.25, -0.2) is 12.8 Å². The van der Waals surface area contributed by atoms with Gasteiger partial charge in [0.2, 0.25) is 0 Å². The Morgan fingerprint density at radius 1 is 1.22 bits per heavy atom. The van der Waals surface area contributed by atoms with Crippen LogP contribution in [0.2, 0.25) is 0 Å². The van der Waals surface area contributed by atoms with Gasteiger partial charge in [0.15, 0.2) is 9.84 Å². The van der Waals surface area contributed by atoms with E-state index in [9.17, 15) is 12.8 Å². The number of rotatable bonds is 8. The van der Waals surface area contributed by atoms with Crippen LogP contribution in [-0.2, 0) is 19.3 Å². The molecule has 1 rings (SSSR count). The van der Waals surface area contributed by atoms with Crippen LogP contribution in [0.5, 0.6) is 0 Å². The lowest BCUT2D eigenvalue weighted by atomic mass is 10.4. The monoisotopic (exact) mass is 276 g/mol. The maximum atomic E-state index is 12.9. The van der Waals surface area contributed by atoms with Gasteiger partial charge in [0.25, 0.3) is 0 Å². The van der Waals surface area contributed by atoms with E-state index < -0.39 is 15.7 Å². The summed E-state index contributed by atoms with van der Waals surface area (Å²) in [5, 5.41) is 0. The molecule has 0 radical (unpaired) electrons. The van der Waals surface area contributed by atoms with Crippen LogP contribution >= 0.6 is 0 Å². The van der Waals surface area contributed by atoms with Crippen LogP contribution < -0.4 is 0 Å². The Labute approximate surface area is 107 Å². The Balaban J connectivity index is 2.41. The highest BCUT2D eigenvalue weighted by atomic mass is 32.2. The fourth-order valence-corrected chi connectivity index (χ4v) is 2.69. The minimum Gasteiger partial charge on any atom is -0.382 e. The first-order chi connectivity index (χ1) is 8.56. The predicted molar refractivity (Wildman–Crippen MR) is 65.8 cm³/mol. The molecule has 4 nitrogen and oxygen atoms in total. The molecule has 0 saturated heterocycles. The van der Waals surface area contributed by atoms with Gasteiger partial charge in [-0.2, -0.15) is 0 Å². The number of sulfone groups is 1. The van der Waals surface area contributed by atoms with Gasteiger partial charge in [0.1, 0.15) is 5.82 Å². The first-order valence-electron chi connectivity index (χ1n) is 5.61. The Morgan fingerprint density at radius 2 is 2.00 bits per heavy atom. The van der Waals surface area contributed by atoms with Crippen LogP contribution in [0.4, 0.5) is 4.39 Å². The molecule has 0 amide bonds. The smallest absolute Gasteiger partial charge is 0.178 e. The summed E-state index contributed by atoms with van der Waals surface area (Å²) >= 11 is 0. The average Bonchev–Trinajstić information content (AvgIpc) is 2.33. The summed E-state index contributed by atoms with van der Waals surface area (Å²) in [6.45, 7) is 1.27. The summed E-state index contributed by atoms with van der Waals surface area (Å²) in [6, 6.07) is 5.02. The molecule has 18 heavy (non-hydrogen) atoms. The van der Waals surface area contributed by atoms with Gasteiger partial charge in [-0.15, -0.1) is 0 Å². The molecule has 0 spiro atoms. The molecule has 6 heteroatoms. The summed E-state index contributed by atoms with van der Waals surface area (Å²) in [5.41, 5.74) is 0. The lowest BCUT2D eigenvalue weighted by Gasteiger charge is -2.05. The number of halogens is 1. The first-order valence-corrected chi connectivity index (χ1v) is 7.26. The van der Waals surface area contributed by atoms with Crippen LogP contribution in [0.25, 0.3) is 0 Å². The van der Waals surface area contributed by atoms with Crippen molar-refractivity contribution in [2.45, 2.75) is 11.3 Å². The zero-order valence-corrected chi connectivity index (χ0v) is 11.1. The fraction of sp³-hybridized carbons (Fsp3) is 0.500.